The lowest BCUT2D eigenvalue weighted by Gasteiger charge is -2.40. The molecule has 4 rings (SSSR count). The number of nitrogens with zero attached hydrogens (tertiary/aromatic N) is 2. The second-order valence-electron chi connectivity index (χ2n) is 7.93. The van der Waals surface area contributed by atoms with Gasteiger partial charge in [-0.2, -0.15) is 0 Å². The first kappa shape index (κ1) is 14.4. The molecule has 2 heteroatoms. The summed E-state index contributed by atoms with van der Waals surface area (Å²) in [5.41, 5.74) is 4.70. The van der Waals surface area contributed by atoms with Gasteiger partial charge in [-0.1, -0.05) is 29.8 Å². The van der Waals surface area contributed by atoms with Crippen LogP contribution in [0.2, 0.25) is 0 Å². The minimum absolute atomic E-state index is 0.724. The number of rotatable bonds is 1. The monoisotopic (exact) mass is 297 g/mol. The highest BCUT2D eigenvalue weighted by molar-refractivity contribution is 5.85. The van der Waals surface area contributed by atoms with Crippen molar-refractivity contribution in [1.29, 1.82) is 0 Å². The summed E-state index contributed by atoms with van der Waals surface area (Å²) in [4.78, 5) is 2.58. The molecule has 0 amide bonds. The van der Waals surface area contributed by atoms with E-state index in [1.807, 2.05) is 0 Å². The lowest BCUT2D eigenvalue weighted by atomic mass is 9.63. The van der Waals surface area contributed by atoms with Crippen LogP contribution in [0.25, 0.3) is 0 Å². The molecule has 1 saturated heterocycles. The van der Waals surface area contributed by atoms with Gasteiger partial charge in [-0.05, 0) is 43.7 Å². The maximum atomic E-state index is 2.59. The van der Waals surface area contributed by atoms with E-state index in [0.29, 0.717) is 0 Å². The van der Waals surface area contributed by atoms with Crippen molar-refractivity contribution in [3.8, 4) is 0 Å². The Hall–Kier alpha value is -1.15. The van der Waals surface area contributed by atoms with Crippen LogP contribution in [0.5, 0.6) is 0 Å². The number of hydrogen-bond donors (Lipinski definition) is 0. The molecule has 1 aromatic rings. The maximum Gasteiger partial charge on any atom is 0.156 e. The van der Waals surface area contributed by atoms with Crippen LogP contribution >= 0.6 is 0 Å². The molecule has 0 radical (unpaired) electrons. The Bertz CT molecular complexity index is 586. The van der Waals surface area contributed by atoms with E-state index in [4.69, 9.17) is 0 Å². The van der Waals surface area contributed by atoms with E-state index in [0.717, 1.165) is 23.7 Å². The second kappa shape index (κ2) is 5.49. The van der Waals surface area contributed by atoms with E-state index in [1.54, 1.807) is 11.3 Å². The smallest absolute Gasteiger partial charge is 0.156 e. The topological polar surface area (TPSA) is 6.25 Å². The molecule has 1 aliphatic carbocycles. The summed E-state index contributed by atoms with van der Waals surface area (Å²) in [6, 6.07) is 9.37. The van der Waals surface area contributed by atoms with Gasteiger partial charge in [-0.25, -0.2) is 4.58 Å². The summed E-state index contributed by atoms with van der Waals surface area (Å²) in [7, 11) is 4.64. The number of aryl methyl sites for hydroxylation is 1. The van der Waals surface area contributed by atoms with Crippen LogP contribution < -0.4 is 0 Å². The van der Waals surface area contributed by atoms with Gasteiger partial charge in [0.25, 0.3) is 0 Å². The molecule has 3 aliphatic rings. The van der Waals surface area contributed by atoms with E-state index < -0.39 is 0 Å². The molecule has 118 valence electrons. The normalized spacial score (nSPS) is 35.4. The minimum Gasteiger partial charge on any atom is -0.306 e. The standard InChI is InChI=1S/C20H29N2/c1-14-6-8-15(9-7-14)17-11-20-16(5-4-10-22(20)3)18-12-21(2)13-19(17)18/h6-9,16-19H,4-5,10-13H2,1-3H3/q+1. The quantitative estimate of drug-likeness (QED) is 0.722. The summed E-state index contributed by atoms with van der Waals surface area (Å²) in [5.74, 6) is 3.31. The first-order valence-electron chi connectivity index (χ1n) is 8.95. The van der Waals surface area contributed by atoms with Crippen molar-refractivity contribution in [2.75, 3.05) is 33.7 Å². The first-order chi connectivity index (χ1) is 10.6. The zero-order valence-corrected chi connectivity index (χ0v) is 14.3. The Morgan fingerprint density at radius 2 is 1.73 bits per heavy atom. The van der Waals surface area contributed by atoms with Crippen molar-refractivity contribution < 1.29 is 4.58 Å². The molecule has 2 nitrogen and oxygen atoms in total. The third kappa shape index (κ3) is 2.32. The van der Waals surface area contributed by atoms with Crippen LogP contribution in [-0.2, 0) is 0 Å². The third-order valence-electron chi connectivity index (χ3n) is 6.49. The van der Waals surface area contributed by atoms with Gasteiger partial charge in [0, 0.05) is 31.8 Å². The highest BCUT2D eigenvalue weighted by Crippen LogP contribution is 2.48. The fourth-order valence-corrected chi connectivity index (χ4v) is 5.38. The summed E-state index contributed by atoms with van der Waals surface area (Å²) in [5, 5.41) is 0. The van der Waals surface area contributed by atoms with E-state index >= 15 is 0 Å². The largest absolute Gasteiger partial charge is 0.306 e. The Balaban J connectivity index is 1.73. The van der Waals surface area contributed by atoms with Crippen molar-refractivity contribution in [2.24, 2.45) is 17.8 Å². The molecule has 0 N–H and O–H groups in total. The van der Waals surface area contributed by atoms with Crippen molar-refractivity contribution in [3.05, 3.63) is 35.4 Å². The van der Waals surface area contributed by atoms with Gasteiger partial charge >= 0.3 is 0 Å². The van der Waals surface area contributed by atoms with Crippen molar-refractivity contribution >= 4 is 5.71 Å². The Kier molecular flexibility index (Phi) is 3.60. The molecule has 2 heterocycles. The average molecular weight is 297 g/mol. The van der Waals surface area contributed by atoms with Crippen LogP contribution in [-0.4, -0.2) is 48.9 Å². The zero-order valence-electron chi connectivity index (χ0n) is 14.3. The fourth-order valence-electron chi connectivity index (χ4n) is 5.38. The number of benzene rings is 1. The van der Waals surface area contributed by atoms with Crippen LogP contribution in [0.15, 0.2) is 24.3 Å². The van der Waals surface area contributed by atoms with Crippen molar-refractivity contribution in [2.45, 2.75) is 32.1 Å². The van der Waals surface area contributed by atoms with Gasteiger partial charge in [0.05, 0.1) is 0 Å². The molecule has 0 spiro atoms. The SMILES string of the molecule is Cc1ccc(C2CC3=[N+](C)CCCC3C3CN(C)CC23)cc1. The Labute approximate surface area is 134 Å². The van der Waals surface area contributed by atoms with E-state index in [1.165, 1.54) is 44.5 Å². The van der Waals surface area contributed by atoms with E-state index in [2.05, 4.69) is 54.8 Å². The van der Waals surface area contributed by atoms with Crippen LogP contribution in [0.1, 0.15) is 36.3 Å². The van der Waals surface area contributed by atoms with Gasteiger partial charge in [0.1, 0.15) is 13.6 Å². The molecule has 4 atom stereocenters. The molecule has 1 aromatic carbocycles. The second-order valence-corrected chi connectivity index (χ2v) is 7.93. The molecule has 0 aromatic heterocycles. The van der Waals surface area contributed by atoms with Crippen molar-refractivity contribution in [3.63, 3.8) is 0 Å². The van der Waals surface area contributed by atoms with Crippen molar-refractivity contribution in [1.82, 2.24) is 4.90 Å². The van der Waals surface area contributed by atoms with E-state index in [-0.39, 0.29) is 0 Å². The predicted octanol–water partition coefficient (Wildman–Crippen LogP) is 3.15. The van der Waals surface area contributed by atoms with Gasteiger partial charge in [-0.3, -0.25) is 0 Å². The lowest BCUT2D eigenvalue weighted by Crippen LogP contribution is -2.45. The van der Waals surface area contributed by atoms with E-state index in [9.17, 15) is 0 Å². The number of fused-ring (bicyclic) bond motifs is 3. The third-order valence-corrected chi connectivity index (χ3v) is 6.49. The molecular weight excluding hydrogens is 268 g/mol. The highest BCUT2D eigenvalue weighted by Gasteiger charge is 2.50. The van der Waals surface area contributed by atoms with Gasteiger partial charge in [-0.15, -0.1) is 0 Å². The molecule has 1 saturated carbocycles. The summed E-state index contributed by atoms with van der Waals surface area (Å²) < 4.78 is 2.59. The Morgan fingerprint density at radius 1 is 1.05 bits per heavy atom. The zero-order chi connectivity index (χ0) is 15.3. The molecule has 0 bridgehead atoms. The predicted molar refractivity (Wildman–Crippen MR) is 91.8 cm³/mol. The van der Waals surface area contributed by atoms with Crippen LogP contribution in [0, 0.1) is 24.7 Å². The van der Waals surface area contributed by atoms with Crippen LogP contribution in [0.3, 0.4) is 0 Å². The van der Waals surface area contributed by atoms with Crippen LogP contribution in [0.4, 0.5) is 0 Å². The summed E-state index contributed by atoms with van der Waals surface area (Å²) in [6.07, 6.45) is 4.10. The summed E-state index contributed by atoms with van der Waals surface area (Å²) in [6.45, 7) is 6.04. The lowest BCUT2D eigenvalue weighted by molar-refractivity contribution is -0.507. The maximum absolute atomic E-state index is 2.59. The molecule has 4 unspecified atom stereocenters. The van der Waals surface area contributed by atoms with Gasteiger partial charge in [0.15, 0.2) is 5.71 Å². The molecule has 22 heavy (non-hydrogen) atoms. The molecular formula is C20H29N2+. The highest BCUT2D eigenvalue weighted by atomic mass is 15.1. The average Bonchev–Trinajstić information content (AvgIpc) is 2.90. The number of hydrogen-bond acceptors (Lipinski definition) is 1. The first-order valence-corrected chi connectivity index (χ1v) is 8.95. The fraction of sp³-hybridized carbons (Fsp3) is 0.650. The number of likely N-dealkylation sites (tertiary alicyclic amines) is 1. The Morgan fingerprint density at radius 3 is 2.45 bits per heavy atom. The van der Waals surface area contributed by atoms with Gasteiger partial charge < -0.3 is 4.90 Å². The molecule has 2 fully saturated rings. The molecule has 2 aliphatic heterocycles. The van der Waals surface area contributed by atoms with Gasteiger partial charge in [0.2, 0.25) is 0 Å². The summed E-state index contributed by atoms with van der Waals surface area (Å²) >= 11 is 0. The minimum atomic E-state index is 0.724.